The first-order chi connectivity index (χ1) is 7.02. The Bertz CT molecular complexity index is 382. The third-order valence-electron chi connectivity index (χ3n) is 1.19. The minimum atomic E-state index is -2.03. The number of aromatic nitrogens is 1. The van der Waals surface area contributed by atoms with E-state index >= 15 is 0 Å². The summed E-state index contributed by atoms with van der Waals surface area (Å²) in [6.45, 7) is 0. The van der Waals surface area contributed by atoms with Crippen LogP contribution in [0.4, 0.5) is 0 Å². The number of hydrogen-bond acceptors (Lipinski definition) is 5. The van der Waals surface area contributed by atoms with Gasteiger partial charge in [0.25, 0.3) is 0 Å². The summed E-state index contributed by atoms with van der Waals surface area (Å²) in [4.78, 5) is 24.0. The first-order valence-electron chi connectivity index (χ1n) is 3.38. The molecule has 0 unspecified atom stereocenters. The van der Waals surface area contributed by atoms with Gasteiger partial charge in [0, 0.05) is 0 Å². The first kappa shape index (κ1) is 13.4. The third kappa shape index (κ3) is 4.97. The average molecular weight is 295 g/mol. The summed E-state index contributed by atoms with van der Waals surface area (Å²) < 4.78 is 17.0. The van der Waals surface area contributed by atoms with Crippen molar-refractivity contribution in [3.05, 3.63) is 29.6 Å². The number of aromatic carboxylic acids is 2. The van der Waals surface area contributed by atoms with E-state index in [9.17, 15) is 9.59 Å². The molecule has 1 aromatic heterocycles. The molecule has 0 aliphatic rings. The molecule has 8 heteroatoms. The second-order valence-corrected chi connectivity index (χ2v) is 2.42. The summed E-state index contributed by atoms with van der Waals surface area (Å²) in [5.74, 6) is -2.48. The van der Waals surface area contributed by atoms with E-state index < -0.39 is 30.4 Å². The molecular weight excluding hydrogens is 290 g/mol. The van der Waals surface area contributed by atoms with Crippen LogP contribution in [0, 0.1) is 0 Å². The number of nitrogens with zero attached hydrogens (tertiary/aromatic N) is 1. The number of rotatable bonds is 2. The molecule has 1 heterocycles. The Morgan fingerprint density at radius 2 is 1.40 bits per heavy atom. The molecule has 0 saturated heterocycles. The number of carboxylic acids is 2. The molecule has 0 radical (unpaired) electrons. The van der Waals surface area contributed by atoms with E-state index in [2.05, 4.69) is 4.98 Å². The average Bonchev–Trinajstić information content (AvgIpc) is 2.19. The van der Waals surface area contributed by atoms with E-state index in [-0.39, 0.29) is 11.4 Å². The quantitative estimate of drug-likeness (QED) is 0.749. The molecule has 0 aromatic carbocycles. The van der Waals surface area contributed by atoms with E-state index in [1.54, 1.807) is 0 Å². The summed E-state index contributed by atoms with van der Waals surface area (Å²) in [5, 5.41) is 16.9. The first-order valence-corrected chi connectivity index (χ1v) is 5.02. The van der Waals surface area contributed by atoms with Crippen LogP contribution in [-0.4, -0.2) is 27.1 Å². The molecule has 0 saturated carbocycles. The fourth-order valence-electron chi connectivity index (χ4n) is 0.673. The van der Waals surface area contributed by atoms with Crippen LogP contribution in [0.2, 0.25) is 0 Å². The van der Waals surface area contributed by atoms with Gasteiger partial charge in [-0.2, -0.15) is 0 Å². The molecule has 0 fully saturated rings. The molecule has 15 heavy (non-hydrogen) atoms. The number of carboxylic acid groups (broad SMARTS) is 2. The molecule has 80 valence electrons. The Morgan fingerprint density at radius 1 is 1.07 bits per heavy atom. The Hall–Kier alpha value is -1.62. The van der Waals surface area contributed by atoms with Gasteiger partial charge in [-0.15, -0.1) is 0 Å². The van der Waals surface area contributed by atoms with E-state index in [4.69, 9.17) is 17.0 Å². The molecule has 0 aliphatic carbocycles. The number of pyridine rings is 1. The number of hydrogen-bond donors (Lipinski definition) is 2. The molecule has 0 amide bonds. The predicted molar refractivity (Wildman–Crippen MR) is 39.5 cm³/mol. The Balaban J connectivity index is 0.000000583. The van der Waals surface area contributed by atoms with Gasteiger partial charge in [0.1, 0.15) is 11.4 Å². The third-order valence-corrected chi connectivity index (χ3v) is 1.19. The molecule has 0 aliphatic heterocycles. The second kappa shape index (κ2) is 6.78. The van der Waals surface area contributed by atoms with Gasteiger partial charge in [0.05, 0.1) is 0 Å². The molecular formula is C7H5MoNO6. The van der Waals surface area contributed by atoms with Gasteiger partial charge in [-0.25, -0.2) is 14.6 Å². The Labute approximate surface area is 91.9 Å². The van der Waals surface area contributed by atoms with Gasteiger partial charge in [0.2, 0.25) is 0 Å². The summed E-state index contributed by atoms with van der Waals surface area (Å²) in [6.07, 6.45) is 0. The Kier molecular flexibility index (Phi) is 6.04. The van der Waals surface area contributed by atoms with Crippen molar-refractivity contribution in [2.45, 2.75) is 0 Å². The van der Waals surface area contributed by atoms with Crippen molar-refractivity contribution in [1.82, 2.24) is 4.98 Å². The van der Waals surface area contributed by atoms with Gasteiger partial charge >= 0.3 is 37.2 Å². The van der Waals surface area contributed by atoms with E-state index in [1.807, 2.05) is 0 Å². The van der Waals surface area contributed by atoms with Crippen molar-refractivity contribution in [3.8, 4) is 0 Å². The predicted octanol–water partition coefficient (Wildman–Crippen LogP) is 0.238. The van der Waals surface area contributed by atoms with Crippen molar-refractivity contribution >= 4 is 11.9 Å². The van der Waals surface area contributed by atoms with Crippen molar-refractivity contribution in [2.75, 3.05) is 0 Å². The van der Waals surface area contributed by atoms with Crippen molar-refractivity contribution < 1.29 is 45.1 Å². The monoisotopic (exact) mass is 297 g/mol. The van der Waals surface area contributed by atoms with Crippen molar-refractivity contribution in [1.29, 1.82) is 0 Å². The molecule has 1 rings (SSSR count). The van der Waals surface area contributed by atoms with Crippen LogP contribution in [0.15, 0.2) is 18.2 Å². The van der Waals surface area contributed by atoms with Gasteiger partial charge in [-0.1, -0.05) is 6.07 Å². The number of carbonyl (C=O) groups is 2. The van der Waals surface area contributed by atoms with Gasteiger partial charge in [-0.3, -0.25) is 0 Å². The normalized spacial score (nSPS) is 8.27. The second-order valence-electron chi connectivity index (χ2n) is 2.09. The summed E-state index contributed by atoms with van der Waals surface area (Å²) in [6, 6.07) is 3.80. The maximum atomic E-state index is 10.3. The standard InChI is InChI=1S/C7H5NO4.Mo.2O/c9-6(10)4-2-1-3-5(8-4)7(11)12;;;/h1-3H,(H,9,10)(H,11,12);;;. The van der Waals surface area contributed by atoms with Gasteiger partial charge in [-0.05, 0) is 12.1 Å². The van der Waals surface area contributed by atoms with Crippen LogP contribution >= 0.6 is 0 Å². The van der Waals surface area contributed by atoms with E-state index in [0.717, 1.165) is 0 Å². The van der Waals surface area contributed by atoms with Crippen LogP contribution in [0.25, 0.3) is 0 Å². The van der Waals surface area contributed by atoms with Crippen LogP contribution in [0.5, 0.6) is 0 Å². The Morgan fingerprint density at radius 3 is 1.67 bits per heavy atom. The molecule has 0 bridgehead atoms. The molecule has 1 aromatic rings. The van der Waals surface area contributed by atoms with E-state index in [1.165, 1.54) is 18.2 Å². The molecule has 2 N–H and O–H groups in total. The zero-order valence-corrected chi connectivity index (χ0v) is 9.12. The SMILES string of the molecule is O=C(O)c1cccc(C(=O)O)n1.[O]=[Mo]=[O]. The summed E-state index contributed by atoms with van der Waals surface area (Å²) in [5.41, 5.74) is -0.537. The molecule has 0 spiro atoms. The fraction of sp³-hybridized carbons (Fsp3) is 0. The topological polar surface area (TPSA) is 122 Å². The minimum absolute atomic E-state index is 0.269. The molecule has 7 nitrogen and oxygen atoms in total. The van der Waals surface area contributed by atoms with E-state index in [0.29, 0.717) is 0 Å². The zero-order chi connectivity index (χ0) is 11.8. The maximum absolute atomic E-state index is 10.3. The van der Waals surface area contributed by atoms with Gasteiger partial charge in [0.15, 0.2) is 0 Å². The summed E-state index contributed by atoms with van der Waals surface area (Å²) >= 11 is -2.03. The zero-order valence-electron chi connectivity index (χ0n) is 7.11. The van der Waals surface area contributed by atoms with Crippen molar-refractivity contribution in [2.24, 2.45) is 0 Å². The van der Waals surface area contributed by atoms with Crippen LogP contribution in [0.3, 0.4) is 0 Å². The summed E-state index contributed by atoms with van der Waals surface area (Å²) in [7, 11) is 0. The van der Waals surface area contributed by atoms with Crippen LogP contribution < -0.4 is 0 Å². The molecule has 0 atom stereocenters. The van der Waals surface area contributed by atoms with Crippen LogP contribution in [-0.2, 0) is 25.3 Å². The van der Waals surface area contributed by atoms with Crippen molar-refractivity contribution in [3.63, 3.8) is 0 Å². The van der Waals surface area contributed by atoms with Gasteiger partial charge < -0.3 is 10.2 Å². The van der Waals surface area contributed by atoms with Crippen LogP contribution in [0.1, 0.15) is 21.0 Å². The fourth-order valence-corrected chi connectivity index (χ4v) is 0.673.